The number of aryl methyl sites for hydroxylation is 2. The van der Waals surface area contributed by atoms with Gasteiger partial charge in [0.15, 0.2) is 0 Å². The highest BCUT2D eigenvalue weighted by Crippen LogP contribution is 2.25. The molecule has 2 unspecified atom stereocenters. The average molecular weight is 273 g/mol. The van der Waals surface area contributed by atoms with Crippen LogP contribution < -0.4 is 0 Å². The number of likely N-dealkylation sites (tertiary alicyclic amines) is 1. The van der Waals surface area contributed by atoms with Gasteiger partial charge in [-0.25, -0.2) is 4.98 Å². The molecular formula is C12H17ClN2OS. The molecule has 0 saturated carbocycles. The number of aromatic nitrogens is 1. The second-order valence-electron chi connectivity index (χ2n) is 4.68. The first-order valence-electron chi connectivity index (χ1n) is 5.86. The fourth-order valence-corrected chi connectivity index (χ4v) is 3.24. The number of alkyl halides is 1. The minimum atomic E-state index is 0.114. The molecular weight excluding hydrogens is 256 g/mol. The van der Waals surface area contributed by atoms with Gasteiger partial charge in [-0.1, -0.05) is 6.92 Å². The first-order valence-corrected chi connectivity index (χ1v) is 7.11. The second kappa shape index (κ2) is 4.94. The lowest BCUT2D eigenvalue weighted by molar-refractivity contribution is 0.0691. The van der Waals surface area contributed by atoms with Crippen molar-refractivity contribution < 1.29 is 4.79 Å². The number of hydrogen-bond donors (Lipinski definition) is 0. The van der Waals surface area contributed by atoms with Crippen molar-refractivity contribution in [2.75, 3.05) is 13.1 Å². The molecule has 2 atom stereocenters. The van der Waals surface area contributed by atoms with Crippen LogP contribution in [0.25, 0.3) is 0 Å². The molecule has 0 aliphatic carbocycles. The maximum atomic E-state index is 12.3. The number of amides is 1. The lowest BCUT2D eigenvalue weighted by Gasteiger charge is -2.33. The lowest BCUT2D eigenvalue weighted by atomic mass is 9.99. The summed E-state index contributed by atoms with van der Waals surface area (Å²) in [5.41, 5.74) is 0.846. The van der Waals surface area contributed by atoms with Crippen LogP contribution in [0.1, 0.15) is 33.7 Å². The highest BCUT2D eigenvalue weighted by atomic mass is 35.5. The minimum Gasteiger partial charge on any atom is -0.338 e. The summed E-state index contributed by atoms with van der Waals surface area (Å²) in [7, 11) is 0. The van der Waals surface area contributed by atoms with E-state index in [-0.39, 0.29) is 11.3 Å². The van der Waals surface area contributed by atoms with E-state index >= 15 is 0 Å². The molecule has 94 valence electrons. The smallest absolute Gasteiger partial charge is 0.265 e. The summed E-state index contributed by atoms with van der Waals surface area (Å²) < 4.78 is 0. The van der Waals surface area contributed by atoms with Gasteiger partial charge in [-0.15, -0.1) is 22.9 Å². The average Bonchev–Trinajstić information content (AvgIpc) is 2.61. The van der Waals surface area contributed by atoms with Crippen molar-refractivity contribution in [2.45, 2.75) is 32.6 Å². The van der Waals surface area contributed by atoms with Crippen LogP contribution in [-0.4, -0.2) is 34.3 Å². The third-order valence-electron chi connectivity index (χ3n) is 3.19. The third-order valence-corrected chi connectivity index (χ3v) is 4.89. The van der Waals surface area contributed by atoms with Crippen molar-refractivity contribution >= 4 is 28.8 Å². The highest BCUT2D eigenvalue weighted by Gasteiger charge is 2.29. The van der Waals surface area contributed by atoms with Gasteiger partial charge in [0, 0.05) is 18.5 Å². The Morgan fingerprint density at radius 2 is 2.24 bits per heavy atom. The second-order valence-corrected chi connectivity index (χ2v) is 6.44. The normalized spacial score (nSPS) is 25.1. The minimum absolute atomic E-state index is 0.114. The van der Waals surface area contributed by atoms with Gasteiger partial charge in [0.05, 0.1) is 10.7 Å². The van der Waals surface area contributed by atoms with Crippen molar-refractivity contribution in [3.63, 3.8) is 0 Å². The van der Waals surface area contributed by atoms with Gasteiger partial charge in [0.1, 0.15) is 4.88 Å². The molecule has 1 aromatic rings. The van der Waals surface area contributed by atoms with Gasteiger partial charge in [-0.05, 0) is 26.2 Å². The summed E-state index contributed by atoms with van der Waals surface area (Å²) >= 11 is 7.65. The molecule has 1 amide bonds. The number of rotatable bonds is 1. The number of carbonyl (C=O) groups excluding carboxylic acids is 1. The van der Waals surface area contributed by atoms with Crippen LogP contribution in [0.5, 0.6) is 0 Å². The zero-order valence-corrected chi connectivity index (χ0v) is 11.9. The number of piperidine rings is 1. The summed E-state index contributed by atoms with van der Waals surface area (Å²) in [6, 6.07) is 0. The highest BCUT2D eigenvalue weighted by molar-refractivity contribution is 7.13. The van der Waals surface area contributed by atoms with Crippen molar-refractivity contribution in [2.24, 2.45) is 5.92 Å². The van der Waals surface area contributed by atoms with Gasteiger partial charge in [0.2, 0.25) is 0 Å². The molecule has 1 aliphatic rings. The first kappa shape index (κ1) is 12.8. The Bertz CT molecular complexity index is 432. The van der Waals surface area contributed by atoms with Gasteiger partial charge >= 0.3 is 0 Å². The van der Waals surface area contributed by atoms with Crippen LogP contribution in [0, 0.1) is 19.8 Å². The van der Waals surface area contributed by atoms with Gasteiger partial charge in [0.25, 0.3) is 5.91 Å². The Balaban J connectivity index is 2.13. The Labute approximate surface area is 111 Å². The molecule has 1 aliphatic heterocycles. The molecule has 1 fully saturated rings. The zero-order valence-electron chi connectivity index (χ0n) is 10.4. The fraction of sp³-hybridized carbons (Fsp3) is 0.667. The van der Waals surface area contributed by atoms with Crippen LogP contribution in [0.4, 0.5) is 0 Å². The quantitative estimate of drug-likeness (QED) is 0.737. The molecule has 0 spiro atoms. The van der Waals surface area contributed by atoms with E-state index in [2.05, 4.69) is 11.9 Å². The van der Waals surface area contributed by atoms with E-state index in [9.17, 15) is 4.79 Å². The summed E-state index contributed by atoms with van der Waals surface area (Å²) in [4.78, 5) is 19.3. The molecule has 0 radical (unpaired) electrons. The Kier molecular flexibility index (Phi) is 3.73. The maximum Gasteiger partial charge on any atom is 0.265 e. The monoisotopic (exact) mass is 272 g/mol. The molecule has 1 aromatic heterocycles. The van der Waals surface area contributed by atoms with Crippen molar-refractivity contribution in [1.29, 1.82) is 0 Å². The van der Waals surface area contributed by atoms with Crippen LogP contribution >= 0.6 is 22.9 Å². The fourth-order valence-electron chi connectivity index (χ4n) is 2.17. The van der Waals surface area contributed by atoms with Gasteiger partial charge < -0.3 is 4.90 Å². The van der Waals surface area contributed by atoms with Crippen molar-refractivity contribution in [1.82, 2.24) is 9.88 Å². The molecule has 3 nitrogen and oxygen atoms in total. The topological polar surface area (TPSA) is 33.2 Å². The molecule has 2 heterocycles. The van der Waals surface area contributed by atoms with E-state index in [1.807, 2.05) is 18.7 Å². The molecule has 0 N–H and O–H groups in total. The summed E-state index contributed by atoms with van der Waals surface area (Å²) in [6.07, 6.45) is 0.880. The number of thiazole rings is 1. The van der Waals surface area contributed by atoms with Crippen molar-refractivity contribution in [3.05, 3.63) is 15.6 Å². The van der Waals surface area contributed by atoms with E-state index in [4.69, 9.17) is 11.6 Å². The largest absolute Gasteiger partial charge is 0.338 e. The van der Waals surface area contributed by atoms with E-state index < -0.39 is 0 Å². The maximum absolute atomic E-state index is 12.3. The number of nitrogens with zero attached hydrogens (tertiary/aromatic N) is 2. The van der Waals surface area contributed by atoms with Gasteiger partial charge in [-0.3, -0.25) is 4.79 Å². The molecule has 2 rings (SSSR count). The standard InChI is InChI=1S/C12H17ClN2OS/c1-7-6-15(5-4-10(7)13)12(16)11-8(2)14-9(3)17-11/h7,10H,4-6H2,1-3H3. The van der Waals surface area contributed by atoms with Gasteiger partial charge in [-0.2, -0.15) is 0 Å². The van der Waals surface area contributed by atoms with E-state index in [1.165, 1.54) is 11.3 Å². The Hall–Kier alpha value is -0.610. The van der Waals surface area contributed by atoms with Crippen LogP contribution in [-0.2, 0) is 0 Å². The summed E-state index contributed by atoms with van der Waals surface area (Å²) in [5.74, 6) is 0.479. The molecule has 5 heteroatoms. The molecule has 0 aromatic carbocycles. The third kappa shape index (κ3) is 2.63. The predicted octanol–water partition coefficient (Wildman–Crippen LogP) is 2.85. The summed E-state index contributed by atoms with van der Waals surface area (Å²) in [5, 5.41) is 1.15. The number of carbonyl (C=O) groups is 1. The number of hydrogen-bond acceptors (Lipinski definition) is 3. The van der Waals surface area contributed by atoms with Crippen molar-refractivity contribution in [3.8, 4) is 0 Å². The van der Waals surface area contributed by atoms with Crippen LogP contribution in [0.15, 0.2) is 0 Å². The molecule has 17 heavy (non-hydrogen) atoms. The number of halogens is 1. The van der Waals surface area contributed by atoms with E-state index in [1.54, 1.807) is 0 Å². The van der Waals surface area contributed by atoms with Crippen LogP contribution in [0.3, 0.4) is 0 Å². The Morgan fingerprint density at radius 3 is 2.76 bits per heavy atom. The Morgan fingerprint density at radius 1 is 1.53 bits per heavy atom. The predicted molar refractivity (Wildman–Crippen MR) is 70.9 cm³/mol. The zero-order chi connectivity index (χ0) is 12.6. The lowest BCUT2D eigenvalue weighted by Crippen LogP contribution is -2.43. The SMILES string of the molecule is Cc1nc(C)c(C(=O)N2CCC(Cl)C(C)C2)s1. The summed E-state index contributed by atoms with van der Waals surface area (Å²) in [6.45, 7) is 7.44. The molecule has 0 bridgehead atoms. The van der Waals surface area contributed by atoms with E-state index in [0.29, 0.717) is 5.92 Å². The van der Waals surface area contributed by atoms with E-state index in [0.717, 1.165) is 35.1 Å². The first-order chi connectivity index (χ1) is 7.99. The molecule has 1 saturated heterocycles. The van der Waals surface area contributed by atoms with Crippen LogP contribution in [0.2, 0.25) is 0 Å².